The summed E-state index contributed by atoms with van der Waals surface area (Å²) in [5, 5.41) is 9.53. The van der Waals surface area contributed by atoms with E-state index >= 15 is 0 Å². The highest BCUT2D eigenvalue weighted by Gasteiger charge is 2.30. The van der Waals surface area contributed by atoms with E-state index in [0.29, 0.717) is 19.5 Å². The first-order valence-corrected chi connectivity index (χ1v) is 5.65. The Labute approximate surface area is 96.0 Å². The zero-order valence-electron chi connectivity index (χ0n) is 9.43. The summed E-state index contributed by atoms with van der Waals surface area (Å²) in [4.78, 5) is 13.2. The zero-order valence-corrected chi connectivity index (χ0v) is 10.3. The lowest BCUT2D eigenvalue weighted by Gasteiger charge is -2.34. The van der Waals surface area contributed by atoms with Crippen LogP contribution in [0.15, 0.2) is 0 Å². The van der Waals surface area contributed by atoms with Gasteiger partial charge in [-0.3, -0.25) is 0 Å². The molecule has 15 heavy (non-hydrogen) atoms. The van der Waals surface area contributed by atoms with Gasteiger partial charge in [-0.05, 0) is 27.2 Å². The molecule has 1 heterocycles. The van der Waals surface area contributed by atoms with Crippen molar-refractivity contribution in [1.29, 1.82) is 0 Å². The average molecular weight is 233 g/mol. The number of thiol groups is 1. The van der Waals surface area contributed by atoms with Crippen molar-refractivity contribution in [1.82, 2.24) is 4.90 Å². The molecule has 0 aromatic carbocycles. The molecule has 2 unspecified atom stereocenters. The molecule has 88 valence electrons. The molecule has 1 aliphatic heterocycles. The molecule has 0 aromatic heterocycles. The van der Waals surface area contributed by atoms with E-state index in [0.717, 1.165) is 0 Å². The second-order valence-electron chi connectivity index (χ2n) is 4.85. The third-order valence-electron chi connectivity index (χ3n) is 2.20. The van der Waals surface area contributed by atoms with Crippen LogP contribution in [-0.2, 0) is 4.74 Å². The standard InChI is InChI=1S/C10H19NO3S/c1-10(2,3)14-9(13)11-5-4-8(15)7(12)6-11/h7-8,12,15H,4-6H2,1-3H3. The van der Waals surface area contributed by atoms with Gasteiger partial charge in [0.15, 0.2) is 0 Å². The summed E-state index contributed by atoms with van der Waals surface area (Å²) in [6.07, 6.45) is -0.222. The molecule has 0 spiro atoms. The van der Waals surface area contributed by atoms with E-state index in [9.17, 15) is 9.90 Å². The minimum Gasteiger partial charge on any atom is -0.444 e. The molecule has 2 atom stereocenters. The normalized spacial score (nSPS) is 27.7. The van der Waals surface area contributed by atoms with Gasteiger partial charge >= 0.3 is 6.09 Å². The summed E-state index contributed by atoms with van der Waals surface area (Å²) in [7, 11) is 0. The number of ether oxygens (including phenoxy) is 1. The number of rotatable bonds is 0. The number of nitrogens with zero attached hydrogens (tertiary/aromatic N) is 1. The van der Waals surface area contributed by atoms with Crippen molar-refractivity contribution >= 4 is 18.7 Å². The third kappa shape index (κ3) is 3.91. The lowest BCUT2D eigenvalue weighted by Crippen LogP contribution is -2.48. The highest BCUT2D eigenvalue weighted by atomic mass is 32.1. The molecule has 0 saturated carbocycles. The summed E-state index contributed by atoms with van der Waals surface area (Å²) in [6, 6.07) is 0. The van der Waals surface area contributed by atoms with Crippen LogP contribution in [0.3, 0.4) is 0 Å². The molecular formula is C10H19NO3S. The smallest absolute Gasteiger partial charge is 0.410 e. The lowest BCUT2D eigenvalue weighted by atomic mass is 10.1. The summed E-state index contributed by atoms with van der Waals surface area (Å²) in [5.74, 6) is 0. The molecule has 1 fully saturated rings. The van der Waals surface area contributed by atoms with Gasteiger partial charge in [0.05, 0.1) is 12.6 Å². The fourth-order valence-corrected chi connectivity index (χ4v) is 1.62. The minimum absolute atomic E-state index is 0.0383. The molecule has 1 aliphatic rings. The molecule has 5 heteroatoms. The van der Waals surface area contributed by atoms with Crippen LogP contribution < -0.4 is 0 Å². The zero-order chi connectivity index (χ0) is 11.6. The third-order valence-corrected chi connectivity index (χ3v) is 2.80. The number of β-amino-alcohol motifs (C(OH)–C–C–N with tert-alkyl or cyclic N) is 1. The SMILES string of the molecule is CC(C)(C)OC(=O)N1CCC(S)C(O)C1. The number of hydrogen-bond donors (Lipinski definition) is 2. The number of aliphatic hydroxyl groups is 1. The molecule has 4 nitrogen and oxygen atoms in total. The van der Waals surface area contributed by atoms with E-state index in [4.69, 9.17) is 4.74 Å². The Morgan fingerprint density at radius 3 is 2.60 bits per heavy atom. The van der Waals surface area contributed by atoms with Crippen molar-refractivity contribution < 1.29 is 14.6 Å². The Bertz CT molecular complexity index is 239. The van der Waals surface area contributed by atoms with Crippen molar-refractivity contribution in [2.45, 2.75) is 44.1 Å². The van der Waals surface area contributed by atoms with E-state index in [2.05, 4.69) is 12.6 Å². The number of amides is 1. The van der Waals surface area contributed by atoms with Crippen LogP contribution in [-0.4, -0.2) is 46.1 Å². The Morgan fingerprint density at radius 1 is 1.53 bits per heavy atom. The summed E-state index contributed by atoms with van der Waals surface area (Å²) in [6.45, 7) is 6.38. The van der Waals surface area contributed by atoms with Gasteiger partial charge in [-0.25, -0.2) is 4.79 Å². The van der Waals surface area contributed by atoms with Crippen LogP contribution in [0.4, 0.5) is 4.79 Å². The second kappa shape index (κ2) is 4.61. The average Bonchev–Trinajstić information content (AvgIpc) is 2.06. The fraction of sp³-hybridized carbons (Fsp3) is 0.900. The van der Waals surface area contributed by atoms with Gasteiger partial charge in [-0.1, -0.05) is 0 Å². The predicted molar refractivity (Wildman–Crippen MR) is 61.2 cm³/mol. The first-order valence-electron chi connectivity index (χ1n) is 5.13. The monoisotopic (exact) mass is 233 g/mol. The van der Waals surface area contributed by atoms with E-state index in [1.54, 1.807) is 0 Å². The largest absolute Gasteiger partial charge is 0.444 e. The summed E-state index contributed by atoms with van der Waals surface area (Å²) in [5.41, 5.74) is -0.486. The van der Waals surface area contributed by atoms with Crippen molar-refractivity contribution in [2.75, 3.05) is 13.1 Å². The van der Waals surface area contributed by atoms with Gasteiger partial charge in [0, 0.05) is 11.8 Å². The van der Waals surface area contributed by atoms with E-state index in [1.165, 1.54) is 4.90 Å². The Morgan fingerprint density at radius 2 is 2.13 bits per heavy atom. The Hall–Kier alpha value is -0.420. The van der Waals surface area contributed by atoms with Crippen LogP contribution >= 0.6 is 12.6 Å². The molecule has 0 radical (unpaired) electrons. The van der Waals surface area contributed by atoms with Crippen LogP contribution in [0, 0.1) is 0 Å². The molecule has 0 aliphatic carbocycles. The van der Waals surface area contributed by atoms with E-state index in [-0.39, 0.29) is 11.3 Å². The molecule has 1 amide bonds. The number of hydrogen-bond acceptors (Lipinski definition) is 4. The minimum atomic E-state index is -0.561. The van der Waals surface area contributed by atoms with Crippen LogP contribution in [0.1, 0.15) is 27.2 Å². The molecule has 0 bridgehead atoms. The van der Waals surface area contributed by atoms with Gasteiger partial charge in [-0.15, -0.1) is 0 Å². The molecular weight excluding hydrogens is 214 g/mol. The molecule has 1 rings (SSSR count). The predicted octanol–water partition coefficient (Wildman–Crippen LogP) is 1.29. The highest BCUT2D eigenvalue weighted by Crippen LogP contribution is 2.18. The van der Waals surface area contributed by atoms with Crippen molar-refractivity contribution in [2.24, 2.45) is 0 Å². The van der Waals surface area contributed by atoms with Crippen molar-refractivity contribution in [3.05, 3.63) is 0 Å². The van der Waals surface area contributed by atoms with Crippen molar-refractivity contribution in [3.8, 4) is 0 Å². The maximum atomic E-state index is 11.6. The van der Waals surface area contributed by atoms with Crippen molar-refractivity contribution in [3.63, 3.8) is 0 Å². The van der Waals surface area contributed by atoms with Crippen LogP contribution in [0.5, 0.6) is 0 Å². The number of piperidine rings is 1. The van der Waals surface area contributed by atoms with Gasteiger partial charge in [0.2, 0.25) is 0 Å². The maximum Gasteiger partial charge on any atom is 0.410 e. The highest BCUT2D eigenvalue weighted by molar-refractivity contribution is 7.81. The molecule has 0 aromatic rings. The summed E-state index contributed by atoms with van der Waals surface area (Å²) < 4.78 is 5.21. The number of carbonyl (C=O) groups excluding carboxylic acids is 1. The fourth-order valence-electron chi connectivity index (χ4n) is 1.41. The number of carbonyl (C=O) groups is 1. The summed E-state index contributed by atoms with van der Waals surface area (Å²) >= 11 is 4.22. The molecule has 1 saturated heterocycles. The van der Waals surface area contributed by atoms with Gasteiger partial charge in [0.1, 0.15) is 5.60 Å². The second-order valence-corrected chi connectivity index (χ2v) is 5.51. The number of aliphatic hydroxyl groups excluding tert-OH is 1. The molecule has 1 N–H and O–H groups in total. The quantitative estimate of drug-likeness (QED) is 0.620. The maximum absolute atomic E-state index is 11.6. The van der Waals surface area contributed by atoms with Crippen LogP contribution in [0.2, 0.25) is 0 Å². The first-order chi connectivity index (χ1) is 6.79. The van der Waals surface area contributed by atoms with Gasteiger partial charge in [-0.2, -0.15) is 12.6 Å². The lowest BCUT2D eigenvalue weighted by molar-refractivity contribution is 0.00551. The van der Waals surface area contributed by atoms with Crippen LogP contribution in [0.25, 0.3) is 0 Å². The topological polar surface area (TPSA) is 49.8 Å². The Balaban J connectivity index is 2.48. The van der Waals surface area contributed by atoms with Gasteiger partial charge in [0.25, 0.3) is 0 Å². The van der Waals surface area contributed by atoms with E-state index < -0.39 is 11.7 Å². The Kier molecular flexibility index (Phi) is 3.89. The number of likely N-dealkylation sites (tertiary alicyclic amines) is 1. The van der Waals surface area contributed by atoms with E-state index in [1.807, 2.05) is 20.8 Å². The van der Waals surface area contributed by atoms with Gasteiger partial charge < -0.3 is 14.7 Å². The first kappa shape index (κ1) is 12.6.